The van der Waals surface area contributed by atoms with Crippen molar-refractivity contribution >= 4 is 28.5 Å². The predicted octanol–water partition coefficient (Wildman–Crippen LogP) is 3.65. The highest BCUT2D eigenvalue weighted by atomic mass is 79.9. The summed E-state index contributed by atoms with van der Waals surface area (Å²) in [5.41, 5.74) is -0.689. The molecule has 0 unspecified atom stereocenters. The fourth-order valence-corrected chi connectivity index (χ4v) is 2.30. The standard InChI is InChI=1S/C13H15BBrF3O3/c1-11(2)12(3,4)21-14(20-11)9-7-8(5-6-10(9)15)19-13(16,17)18/h5-7H,1-4H3. The SMILES string of the molecule is CC1(C)OB(c2cc(OC(F)(F)F)ccc2Br)OC1(C)C. The molecule has 0 aliphatic carbocycles. The second-order valence-corrected chi connectivity index (χ2v) is 6.67. The zero-order valence-electron chi connectivity index (χ0n) is 12.0. The van der Waals surface area contributed by atoms with Crippen molar-refractivity contribution in [3.63, 3.8) is 0 Å². The van der Waals surface area contributed by atoms with Crippen molar-refractivity contribution in [3.05, 3.63) is 22.7 Å². The largest absolute Gasteiger partial charge is 0.573 e. The van der Waals surface area contributed by atoms with Crippen molar-refractivity contribution in [2.24, 2.45) is 0 Å². The van der Waals surface area contributed by atoms with E-state index in [2.05, 4.69) is 20.7 Å². The molecule has 0 bridgehead atoms. The molecular formula is C13H15BBrF3O3. The van der Waals surface area contributed by atoms with Gasteiger partial charge in [0.2, 0.25) is 0 Å². The highest BCUT2D eigenvalue weighted by molar-refractivity contribution is 9.10. The van der Waals surface area contributed by atoms with Crippen LogP contribution in [-0.4, -0.2) is 24.7 Å². The molecule has 0 atom stereocenters. The van der Waals surface area contributed by atoms with Crippen LogP contribution in [0.25, 0.3) is 0 Å². The lowest BCUT2D eigenvalue weighted by molar-refractivity contribution is -0.274. The third-order valence-electron chi connectivity index (χ3n) is 3.71. The van der Waals surface area contributed by atoms with Crippen LogP contribution in [0.4, 0.5) is 13.2 Å². The van der Waals surface area contributed by atoms with Crippen LogP contribution in [0.1, 0.15) is 27.7 Å². The molecule has 1 aromatic rings. The van der Waals surface area contributed by atoms with E-state index < -0.39 is 24.7 Å². The van der Waals surface area contributed by atoms with Gasteiger partial charge in [0.05, 0.1) is 11.2 Å². The minimum absolute atomic E-state index is 0.310. The zero-order chi connectivity index (χ0) is 16.1. The van der Waals surface area contributed by atoms with E-state index in [1.165, 1.54) is 18.2 Å². The number of benzene rings is 1. The average molecular weight is 367 g/mol. The average Bonchev–Trinajstić information content (AvgIpc) is 2.49. The van der Waals surface area contributed by atoms with Crippen LogP contribution >= 0.6 is 15.9 Å². The van der Waals surface area contributed by atoms with Crippen molar-refractivity contribution in [1.29, 1.82) is 0 Å². The Balaban J connectivity index is 2.31. The maximum Gasteiger partial charge on any atom is 0.573 e. The summed E-state index contributed by atoms with van der Waals surface area (Å²) in [5.74, 6) is -0.310. The molecule has 1 heterocycles. The first-order valence-electron chi connectivity index (χ1n) is 6.32. The molecule has 1 saturated heterocycles. The highest BCUT2D eigenvalue weighted by Gasteiger charge is 2.52. The molecule has 0 aromatic heterocycles. The van der Waals surface area contributed by atoms with Gasteiger partial charge in [-0.3, -0.25) is 0 Å². The molecule has 0 radical (unpaired) electrons. The Morgan fingerprint density at radius 1 is 1.10 bits per heavy atom. The van der Waals surface area contributed by atoms with Crippen LogP contribution in [0.15, 0.2) is 22.7 Å². The normalized spacial score (nSPS) is 20.7. The van der Waals surface area contributed by atoms with Gasteiger partial charge in [-0.15, -0.1) is 13.2 Å². The van der Waals surface area contributed by atoms with E-state index in [0.717, 1.165) is 0 Å². The molecule has 1 aliphatic heterocycles. The van der Waals surface area contributed by atoms with Crippen molar-refractivity contribution in [2.45, 2.75) is 45.3 Å². The first-order chi connectivity index (χ1) is 9.41. The third kappa shape index (κ3) is 3.55. The van der Waals surface area contributed by atoms with Gasteiger partial charge in [0.15, 0.2) is 0 Å². The number of rotatable bonds is 2. The molecular weight excluding hydrogens is 352 g/mol. The summed E-state index contributed by atoms with van der Waals surface area (Å²) in [6.07, 6.45) is -4.74. The molecule has 2 rings (SSSR count). The minimum Gasteiger partial charge on any atom is -0.406 e. The molecule has 0 N–H and O–H groups in total. The Morgan fingerprint density at radius 2 is 1.62 bits per heavy atom. The van der Waals surface area contributed by atoms with Crippen LogP contribution in [0.5, 0.6) is 5.75 Å². The fourth-order valence-electron chi connectivity index (χ4n) is 1.87. The maximum absolute atomic E-state index is 12.3. The summed E-state index contributed by atoms with van der Waals surface area (Å²) in [6.45, 7) is 7.49. The topological polar surface area (TPSA) is 27.7 Å². The smallest absolute Gasteiger partial charge is 0.406 e. The van der Waals surface area contributed by atoms with Gasteiger partial charge in [-0.05, 0) is 45.9 Å². The Bertz CT molecular complexity index is 530. The molecule has 1 fully saturated rings. The van der Waals surface area contributed by atoms with Gasteiger partial charge >= 0.3 is 13.5 Å². The van der Waals surface area contributed by atoms with Gasteiger partial charge in [-0.1, -0.05) is 15.9 Å². The quantitative estimate of drug-likeness (QED) is 0.748. The van der Waals surface area contributed by atoms with E-state index in [9.17, 15) is 13.2 Å². The highest BCUT2D eigenvalue weighted by Crippen LogP contribution is 2.37. The van der Waals surface area contributed by atoms with Gasteiger partial charge in [0.1, 0.15) is 5.75 Å². The lowest BCUT2D eigenvalue weighted by Crippen LogP contribution is -2.41. The summed E-state index contributed by atoms with van der Waals surface area (Å²) in [5, 5.41) is 0. The predicted molar refractivity (Wildman–Crippen MR) is 76.5 cm³/mol. The van der Waals surface area contributed by atoms with Crippen molar-refractivity contribution < 1.29 is 27.2 Å². The number of halogens is 4. The van der Waals surface area contributed by atoms with E-state index >= 15 is 0 Å². The molecule has 0 amide bonds. The van der Waals surface area contributed by atoms with Crippen LogP contribution in [0.2, 0.25) is 0 Å². The summed E-state index contributed by atoms with van der Waals surface area (Å²) in [6, 6.07) is 3.97. The van der Waals surface area contributed by atoms with Gasteiger partial charge in [-0.2, -0.15) is 0 Å². The summed E-state index contributed by atoms with van der Waals surface area (Å²) < 4.78 is 53.1. The number of ether oxygens (including phenoxy) is 1. The zero-order valence-corrected chi connectivity index (χ0v) is 13.6. The summed E-state index contributed by atoms with van der Waals surface area (Å²) in [4.78, 5) is 0. The lowest BCUT2D eigenvalue weighted by atomic mass is 9.79. The first-order valence-corrected chi connectivity index (χ1v) is 7.11. The van der Waals surface area contributed by atoms with Crippen LogP contribution in [0, 0.1) is 0 Å². The fraction of sp³-hybridized carbons (Fsp3) is 0.538. The van der Waals surface area contributed by atoms with Crippen LogP contribution < -0.4 is 10.2 Å². The second-order valence-electron chi connectivity index (χ2n) is 5.82. The molecule has 8 heteroatoms. The molecule has 0 saturated carbocycles. The monoisotopic (exact) mass is 366 g/mol. The number of hydrogen-bond acceptors (Lipinski definition) is 3. The van der Waals surface area contributed by atoms with Crippen molar-refractivity contribution in [1.82, 2.24) is 0 Å². The van der Waals surface area contributed by atoms with E-state index in [1.54, 1.807) is 0 Å². The molecule has 0 spiro atoms. The van der Waals surface area contributed by atoms with Gasteiger partial charge in [0, 0.05) is 9.94 Å². The minimum atomic E-state index is -4.74. The molecule has 3 nitrogen and oxygen atoms in total. The Kier molecular flexibility index (Phi) is 4.10. The summed E-state index contributed by atoms with van der Waals surface area (Å²) >= 11 is 3.30. The van der Waals surface area contributed by atoms with Crippen molar-refractivity contribution in [3.8, 4) is 5.75 Å². The Labute approximate surface area is 130 Å². The molecule has 1 aliphatic rings. The van der Waals surface area contributed by atoms with E-state index in [0.29, 0.717) is 9.94 Å². The number of alkyl halides is 3. The first kappa shape index (κ1) is 16.6. The van der Waals surface area contributed by atoms with E-state index in [1.807, 2.05) is 27.7 Å². The van der Waals surface area contributed by atoms with Gasteiger partial charge < -0.3 is 14.0 Å². The summed E-state index contributed by atoms with van der Waals surface area (Å²) in [7, 11) is -0.763. The van der Waals surface area contributed by atoms with E-state index in [-0.39, 0.29) is 5.75 Å². The third-order valence-corrected chi connectivity index (χ3v) is 4.43. The second kappa shape index (κ2) is 5.17. The molecule has 21 heavy (non-hydrogen) atoms. The van der Waals surface area contributed by atoms with Crippen LogP contribution in [0.3, 0.4) is 0 Å². The lowest BCUT2D eigenvalue weighted by Gasteiger charge is -2.32. The Hall–Kier alpha value is -0.725. The molecule has 1 aromatic carbocycles. The van der Waals surface area contributed by atoms with Crippen molar-refractivity contribution in [2.75, 3.05) is 0 Å². The molecule has 116 valence electrons. The van der Waals surface area contributed by atoms with E-state index in [4.69, 9.17) is 9.31 Å². The maximum atomic E-state index is 12.3. The van der Waals surface area contributed by atoms with Gasteiger partial charge in [0.25, 0.3) is 0 Å². The Morgan fingerprint density at radius 3 is 2.10 bits per heavy atom. The van der Waals surface area contributed by atoms with Gasteiger partial charge in [-0.25, -0.2) is 0 Å². The number of hydrogen-bond donors (Lipinski definition) is 0. The van der Waals surface area contributed by atoms with Crippen LogP contribution in [-0.2, 0) is 9.31 Å².